The van der Waals surface area contributed by atoms with Crippen LogP contribution in [0.4, 0.5) is 4.79 Å². The standard InChI is InChI=1S/C14H19BrN4O3/c1-3-8(2)11(17-14(16)22)13(21)19-18-12(20)9-4-6-10(15)7-5-9/h4-8,11H,3H2,1-2H3,(H,18,20)(H,19,21)(H3,16,17,22). The summed E-state index contributed by atoms with van der Waals surface area (Å²) in [6, 6.07) is 5.05. The number of rotatable bonds is 5. The van der Waals surface area contributed by atoms with Gasteiger partial charge in [-0.3, -0.25) is 20.4 Å². The number of benzene rings is 1. The third-order valence-electron chi connectivity index (χ3n) is 3.20. The highest BCUT2D eigenvalue weighted by atomic mass is 79.9. The van der Waals surface area contributed by atoms with E-state index in [0.717, 1.165) is 4.47 Å². The summed E-state index contributed by atoms with van der Waals surface area (Å²) in [6.07, 6.45) is 0.666. The minimum atomic E-state index is -0.812. The van der Waals surface area contributed by atoms with Crippen molar-refractivity contribution < 1.29 is 14.4 Å². The van der Waals surface area contributed by atoms with E-state index in [2.05, 4.69) is 32.1 Å². The van der Waals surface area contributed by atoms with Crippen LogP contribution in [0.3, 0.4) is 0 Å². The van der Waals surface area contributed by atoms with Crippen LogP contribution in [0, 0.1) is 5.92 Å². The van der Waals surface area contributed by atoms with Crippen LogP contribution in [0.1, 0.15) is 30.6 Å². The lowest BCUT2D eigenvalue weighted by Crippen LogP contribution is -2.55. The lowest BCUT2D eigenvalue weighted by molar-refractivity contribution is -0.124. The average Bonchev–Trinajstić information content (AvgIpc) is 2.49. The van der Waals surface area contributed by atoms with Crippen molar-refractivity contribution in [3.8, 4) is 0 Å². The Morgan fingerprint density at radius 1 is 1.18 bits per heavy atom. The number of carbonyl (C=O) groups is 3. The predicted octanol–water partition coefficient (Wildman–Crippen LogP) is 1.29. The maximum atomic E-state index is 12.1. The number of amides is 4. The van der Waals surface area contributed by atoms with Gasteiger partial charge in [0.05, 0.1) is 0 Å². The lowest BCUT2D eigenvalue weighted by atomic mass is 9.99. The van der Waals surface area contributed by atoms with Crippen LogP contribution in [0.15, 0.2) is 28.7 Å². The first-order valence-corrected chi connectivity index (χ1v) is 7.56. The molecule has 0 saturated heterocycles. The van der Waals surface area contributed by atoms with Gasteiger partial charge in [0.25, 0.3) is 11.8 Å². The molecule has 2 atom stereocenters. The number of carbonyl (C=O) groups excluding carboxylic acids is 3. The number of nitrogens with two attached hydrogens (primary N) is 1. The van der Waals surface area contributed by atoms with Gasteiger partial charge in [0, 0.05) is 10.0 Å². The summed E-state index contributed by atoms with van der Waals surface area (Å²) in [4.78, 5) is 34.9. The number of urea groups is 1. The molecular weight excluding hydrogens is 352 g/mol. The molecule has 0 fully saturated rings. The molecule has 1 rings (SSSR count). The fourth-order valence-electron chi connectivity index (χ4n) is 1.72. The first-order valence-electron chi connectivity index (χ1n) is 6.76. The SMILES string of the molecule is CCC(C)C(NC(N)=O)C(=O)NNC(=O)c1ccc(Br)cc1. The van der Waals surface area contributed by atoms with Crippen molar-refractivity contribution in [2.75, 3.05) is 0 Å². The van der Waals surface area contributed by atoms with E-state index in [1.807, 2.05) is 6.92 Å². The van der Waals surface area contributed by atoms with E-state index < -0.39 is 23.9 Å². The quantitative estimate of drug-likeness (QED) is 0.585. The van der Waals surface area contributed by atoms with Crippen molar-refractivity contribution in [2.45, 2.75) is 26.3 Å². The van der Waals surface area contributed by atoms with Crippen molar-refractivity contribution in [3.63, 3.8) is 0 Å². The van der Waals surface area contributed by atoms with E-state index in [1.165, 1.54) is 0 Å². The fourth-order valence-corrected chi connectivity index (χ4v) is 1.99. The van der Waals surface area contributed by atoms with Crippen molar-refractivity contribution in [1.82, 2.24) is 16.2 Å². The largest absolute Gasteiger partial charge is 0.352 e. The number of halogens is 1. The first kappa shape index (κ1) is 18.0. The van der Waals surface area contributed by atoms with Gasteiger partial charge in [0.15, 0.2) is 0 Å². The maximum absolute atomic E-state index is 12.1. The van der Waals surface area contributed by atoms with Gasteiger partial charge in [-0.2, -0.15) is 0 Å². The molecule has 1 aromatic carbocycles. The molecule has 4 amide bonds. The monoisotopic (exact) mass is 370 g/mol. The zero-order valence-corrected chi connectivity index (χ0v) is 13.9. The van der Waals surface area contributed by atoms with Crippen molar-refractivity contribution in [2.24, 2.45) is 11.7 Å². The highest BCUT2D eigenvalue weighted by molar-refractivity contribution is 9.10. The third-order valence-corrected chi connectivity index (χ3v) is 3.73. The molecule has 0 spiro atoms. The zero-order chi connectivity index (χ0) is 16.7. The van der Waals surface area contributed by atoms with Gasteiger partial charge in [0.1, 0.15) is 6.04 Å². The second-order valence-electron chi connectivity index (χ2n) is 4.82. The zero-order valence-electron chi connectivity index (χ0n) is 12.4. The maximum Gasteiger partial charge on any atom is 0.312 e. The molecule has 8 heteroatoms. The van der Waals surface area contributed by atoms with Gasteiger partial charge in [0.2, 0.25) is 0 Å². The highest BCUT2D eigenvalue weighted by Gasteiger charge is 2.25. The van der Waals surface area contributed by atoms with Gasteiger partial charge in [-0.1, -0.05) is 36.2 Å². The molecular formula is C14H19BrN4O3. The first-order chi connectivity index (χ1) is 10.3. The summed E-state index contributed by atoms with van der Waals surface area (Å²) < 4.78 is 0.843. The second kappa shape index (κ2) is 8.38. The van der Waals surface area contributed by atoms with Crippen LogP contribution >= 0.6 is 15.9 Å². The van der Waals surface area contributed by atoms with Crippen LogP contribution in [-0.2, 0) is 4.79 Å². The summed E-state index contributed by atoms with van der Waals surface area (Å²) in [5.41, 5.74) is 10.1. The molecule has 2 unspecified atom stereocenters. The molecule has 0 saturated carbocycles. The predicted molar refractivity (Wildman–Crippen MR) is 85.7 cm³/mol. The van der Waals surface area contributed by atoms with Crippen molar-refractivity contribution in [1.29, 1.82) is 0 Å². The number of hydrogen-bond donors (Lipinski definition) is 4. The number of nitrogens with one attached hydrogen (secondary N) is 3. The summed E-state index contributed by atoms with van der Waals surface area (Å²) in [5.74, 6) is -1.11. The third kappa shape index (κ3) is 5.36. The summed E-state index contributed by atoms with van der Waals surface area (Å²) in [6.45, 7) is 3.69. The van der Waals surface area contributed by atoms with Crippen LogP contribution in [0.25, 0.3) is 0 Å². The van der Waals surface area contributed by atoms with Crippen molar-refractivity contribution in [3.05, 3.63) is 34.3 Å². The molecule has 0 bridgehead atoms. The molecule has 5 N–H and O–H groups in total. The van der Waals surface area contributed by atoms with E-state index in [4.69, 9.17) is 5.73 Å². The molecule has 0 heterocycles. The summed E-state index contributed by atoms with van der Waals surface area (Å²) in [5, 5.41) is 2.37. The molecule has 0 aliphatic carbocycles. The Morgan fingerprint density at radius 2 is 1.77 bits per heavy atom. The average molecular weight is 371 g/mol. The molecule has 22 heavy (non-hydrogen) atoms. The lowest BCUT2D eigenvalue weighted by Gasteiger charge is -2.22. The minimum Gasteiger partial charge on any atom is -0.352 e. The molecule has 0 aliphatic heterocycles. The molecule has 0 aliphatic rings. The Balaban J connectivity index is 2.63. The summed E-state index contributed by atoms with van der Waals surface area (Å²) >= 11 is 3.27. The Bertz CT molecular complexity index is 548. The smallest absolute Gasteiger partial charge is 0.312 e. The number of hydrogen-bond acceptors (Lipinski definition) is 3. The topological polar surface area (TPSA) is 113 Å². The van der Waals surface area contributed by atoms with E-state index in [0.29, 0.717) is 12.0 Å². The van der Waals surface area contributed by atoms with Crippen molar-refractivity contribution >= 4 is 33.8 Å². The second-order valence-corrected chi connectivity index (χ2v) is 5.74. The van der Waals surface area contributed by atoms with Crippen LogP contribution in [-0.4, -0.2) is 23.9 Å². The van der Waals surface area contributed by atoms with Gasteiger partial charge >= 0.3 is 6.03 Å². The molecule has 0 radical (unpaired) electrons. The van der Waals surface area contributed by atoms with E-state index in [1.54, 1.807) is 31.2 Å². The van der Waals surface area contributed by atoms with Gasteiger partial charge in [-0.25, -0.2) is 4.79 Å². The van der Waals surface area contributed by atoms with Gasteiger partial charge < -0.3 is 11.1 Å². The summed E-state index contributed by atoms with van der Waals surface area (Å²) in [7, 11) is 0. The minimum absolute atomic E-state index is 0.128. The van der Waals surface area contributed by atoms with Crippen LogP contribution in [0.5, 0.6) is 0 Å². The van der Waals surface area contributed by atoms with Gasteiger partial charge in [-0.15, -0.1) is 0 Å². The Hall–Kier alpha value is -2.09. The van der Waals surface area contributed by atoms with E-state index in [9.17, 15) is 14.4 Å². The number of primary amides is 1. The van der Waals surface area contributed by atoms with E-state index >= 15 is 0 Å². The Labute approximate surface area is 137 Å². The van der Waals surface area contributed by atoms with E-state index in [-0.39, 0.29) is 5.92 Å². The van der Waals surface area contributed by atoms with Gasteiger partial charge in [-0.05, 0) is 30.2 Å². The molecule has 7 nitrogen and oxygen atoms in total. The Morgan fingerprint density at radius 3 is 2.27 bits per heavy atom. The molecule has 0 aromatic heterocycles. The number of hydrazine groups is 1. The fraction of sp³-hybridized carbons (Fsp3) is 0.357. The molecule has 120 valence electrons. The normalized spacial score (nSPS) is 12.9. The van der Waals surface area contributed by atoms with Crippen LogP contribution < -0.4 is 21.9 Å². The highest BCUT2D eigenvalue weighted by Crippen LogP contribution is 2.10. The Kier molecular flexibility index (Phi) is 6.84. The molecule has 1 aromatic rings. The van der Waals surface area contributed by atoms with Crippen LogP contribution in [0.2, 0.25) is 0 Å².